The number of hydrogen-bond acceptors (Lipinski definition) is 3. The molecule has 2 N–H and O–H groups in total. The van der Waals surface area contributed by atoms with Crippen molar-refractivity contribution in [3.63, 3.8) is 0 Å². The smallest absolute Gasteiger partial charge is 0.132 e. The molecule has 0 aromatic heterocycles. The number of aromatic hydroxyl groups is 2. The summed E-state index contributed by atoms with van der Waals surface area (Å²) < 4.78 is 7.62. The van der Waals surface area contributed by atoms with E-state index in [0.29, 0.717) is 11.5 Å². The second-order valence-corrected chi connectivity index (χ2v) is 19.7. The molecule has 2 aliphatic carbocycles. The Balaban J connectivity index is 1.28. The van der Waals surface area contributed by atoms with Crippen LogP contribution in [0.15, 0.2) is 158 Å². The summed E-state index contributed by atoms with van der Waals surface area (Å²) in [5.41, 5.74) is 18.4. The van der Waals surface area contributed by atoms with Gasteiger partial charge in [-0.25, -0.2) is 0 Å². The van der Waals surface area contributed by atoms with Crippen LogP contribution in [0.2, 0.25) is 0 Å². The van der Waals surface area contributed by atoms with Crippen LogP contribution < -0.4 is 4.74 Å². The average molecular weight is 823 g/mol. The van der Waals surface area contributed by atoms with Gasteiger partial charge in [0.2, 0.25) is 0 Å². The molecule has 0 spiro atoms. The van der Waals surface area contributed by atoms with Gasteiger partial charge in [0.1, 0.15) is 23.0 Å². The fourth-order valence-electron chi connectivity index (χ4n) is 10.5. The molecule has 0 amide bonds. The molecule has 0 radical (unpaired) electrons. The van der Waals surface area contributed by atoms with Crippen LogP contribution in [-0.2, 0) is 10.8 Å². The van der Waals surface area contributed by atoms with Crippen LogP contribution in [0.3, 0.4) is 0 Å². The average Bonchev–Trinajstić information content (AvgIpc) is 3.77. The van der Waals surface area contributed by atoms with Crippen molar-refractivity contribution in [3.05, 3.63) is 213 Å². The van der Waals surface area contributed by atoms with Gasteiger partial charge in [0, 0.05) is 45.2 Å². The molecule has 0 saturated carbocycles. The highest BCUT2D eigenvalue weighted by Gasteiger charge is 2.37. The van der Waals surface area contributed by atoms with Crippen molar-refractivity contribution in [1.29, 1.82) is 0 Å². The van der Waals surface area contributed by atoms with Gasteiger partial charge < -0.3 is 14.9 Å². The van der Waals surface area contributed by atoms with Crippen molar-refractivity contribution in [2.24, 2.45) is 0 Å². The van der Waals surface area contributed by atoms with Gasteiger partial charge in [-0.1, -0.05) is 175 Å². The minimum atomic E-state index is -0.289. The number of fused-ring (bicyclic) bond motifs is 6. The van der Waals surface area contributed by atoms with Crippen molar-refractivity contribution in [3.8, 4) is 67.5 Å². The summed E-state index contributed by atoms with van der Waals surface area (Å²) >= 11 is 0. The second-order valence-electron chi connectivity index (χ2n) is 19.7. The standard InChI is InChI=1S/C60H54O3/c1-35-31-47(57(61)49(33-35)59(3,4)5)45-27-17-29-51(55(45)53-41-23-13-9-19-37(41)38-20-10-14-24-42(38)53)63-52-30-18-28-46(48-32-36(2)34-50(58(48)62)60(6,7)8)56(52)54-43-25-15-11-21-39(43)40-22-12-16-26-44(40)54/h9-34,53-54,61-62H,1-8H3. The van der Waals surface area contributed by atoms with Crippen molar-refractivity contribution in [1.82, 2.24) is 0 Å². The first-order chi connectivity index (χ1) is 30.2. The minimum Gasteiger partial charge on any atom is -0.507 e. The fraction of sp³-hybridized carbons (Fsp3) is 0.200. The number of aryl methyl sites for hydroxylation is 2. The Labute approximate surface area is 372 Å². The molecule has 0 atom stereocenters. The SMILES string of the molecule is Cc1cc(-c2cccc(Oc3cccc(-c4cc(C)cc(C(C)(C)C)c4O)c3C3c4ccccc4-c4ccccc43)c2C2c3ccccc3-c3ccccc32)c(O)c(C(C)(C)C)c1. The number of phenols is 2. The third kappa shape index (κ3) is 6.65. The Kier molecular flexibility index (Phi) is 9.53. The third-order valence-electron chi connectivity index (χ3n) is 13.3. The van der Waals surface area contributed by atoms with Crippen LogP contribution in [0.5, 0.6) is 23.0 Å². The van der Waals surface area contributed by atoms with Gasteiger partial charge in [-0.05, 0) is 116 Å². The highest BCUT2D eigenvalue weighted by atomic mass is 16.5. The van der Waals surface area contributed by atoms with E-state index in [2.05, 4.69) is 213 Å². The fourth-order valence-corrected chi connectivity index (χ4v) is 10.5. The molecule has 63 heavy (non-hydrogen) atoms. The molecule has 312 valence electrons. The van der Waals surface area contributed by atoms with Crippen LogP contribution >= 0.6 is 0 Å². The Morgan fingerprint density at radius 1 is 0.365 bits per heavy atom. The van der Waals surface area contributed by atoms with Gasteiger partial charge in [-0.2, -0.15) is 0 Å². The second kappa shape index (κ2) is 14.9. The monoisotopic (exact) mass is 822 g/mol. The molecule has 8 aromatic carbocycles. The maximum absolute atomic E-state index is 12.3. The summed E-state index contributed by atoms with van der Waals surface area (Å²) in [6.45, 7) is 17.1. The maximum atomic E-state index is 12.3. The molecule has 10 rings (SSSR count). The first kappa shape index (κ1) is 40.2. The molecule has 0 unspecified atom stereocenters. The quantitative estimate of drug-likeness (QED) is 0.176. The van der Waals surface area contributed by atoms with Gasteiger partial charge >= 0.3 is 0 Å². The highest BCUT2D eigenvalue weighted by Crippen LogP contribution is 2.57. The molecular formula is C60H54O3. The van der Waals surface area contributed by atoms with Crippen molar-refractivity contribution < 1.29 is 14.9 Å². The summed E-state index contributed by atoms with van der Waals surface area (Å²) in [7, 11) is 0. The van der Waals surface area contributed by atoms with Crippen molar-refractivity contribution >= 4 is 0 Å². The number of ether oxygens (including phenoxy) is 1. The number of benzene rings is 8. The topological polar surface area (TPSA) is 49.7 Å². The predicted octanol–water partition coefficient (Wildman–Crippen LogP) is 15.8. The first-order valence-electron chi connectivity index (χ1n) is 22.2. The molecule has 3 nitrogen and oxygen atoms in total. The van der Waals surface area contributed by atoms with Gasteiger partial charge in [0.15, 0.2) is 0 Å². The predicted molar refractivity (Wildman–Crippen MR) is 260 cm³/mol. The maximum Gasteiger partial charge on any atom is 0.132 e. The third-order valence-corrected chi connectivity index (χ3v) is 13.3. The number of rotatable bonds is 6. The van der Waals surface area contributed by atoms with Gasteiger partial charge in [-0.3, -0.25) is 0 Å². The van der Waals surface area contributed by atoms with Crippen molar-refractivity contribution in [2.45, 2.75) is 78.1 Å². The van der Waals surface area contributed by atoms with Crippen molar-refractivity contribution in [2.75, 3.05) is 0 Å². The Morgan fingerprint density at radius 2 is 0.667 bits per heavy atom. The lowest BCUT2D eigenvalue weighted by Crippen LogP contribution is -2.13. The summed E-state index contributed by atoms with van der Waals surface area (Å²) in [4.78, 5) is 0. The lowest BCUT2D eigenvalue weighted by atomic mass is 9.79. The molecule has 0 saturated heterocycles. The largest absolute Gasteiger partial charge is 0.507 e. The first-order valence-corrected chi connectivity index (χ1v) is 22.2. The van der Waals surface area contributed by atoms with Gasteiger partial charge in [0.05, 0.1) is 0 Å². The van der Waals surface area contributed by atoms with Crippen LogP contribution in [0.25, 0.3) is 44.5 Å². The Bertz CT molecular complexity index is 2820. The molecule has 0 bridgehead atoms. The van der Waals surface area contributed by atoms with Gasteiger partial charge in [-0.15, -0.1) is 0 Å². The van der Waals surface area contributed by atoms with E-state index < -0.39 is 0 Å². The van der Waals surface area contributed by atoms with E-state index in [1.54, 1.807) is 0 Å². The summed E-state index contributed by atoms with van der Waals surface area (Å²) in [5.74, 6) is 1.63. The summed E-state index contributed by atoms with van der Waals surface area (Å²) in [6, 6.07) is 55.8. The van der Waals surface area contributed by atoms with Crippen LogP contribution in [-0.4, -0.2) is 10.2 Å². The minimum absolute atomic E-state index is 0.184. The summed E-state index contributed by atoms with van der Waals surface area (Å²) in [5, 5.41) is 24.7. The number of hydrogen-bond donors (Lipinski definition) is 2. The van der Waals surface area contributed by atoms with Crippen LogP contribution in [0, 0.1) is 13.8 Å². The van der Waals surface area contributed by atoms with E-state index >= 15 is 0 Å². The van der Waals surface area contributed by atoms with E-state index in [-0.39, 0.29) is 34.2 Å². The lowest BCUT2D eigenvalue weighted by molar-refractivity contribution is 0.447. The van der Waals surface area contributed by atoms with E-state index in [0.717, 1.165) is 55.6 Å². The Morgan fingerprint density at radius 3 is 0.984 bits per heavy atom. The zero-order valence-electron chi connectivity index (χ0n) is 37.5. The Hall–Kier alpha value is -6.84. The zero-order valence-corrected chi connectivity index (χ0v) is 37.5. The summed E-state index contributed by atoms with van der Waals surface area (Å²) in [6.07, 6.45) is 0. The van der Waals surface area contributed by atoms with E-state index in [1.807, 2.05) is 0 Å². The molecule has 3 heteroatoms. The van der Waals surface area contributed by atoms with E-state index in [9.17, 15) is 10.2 Å². The van der Waals surface area contributed by atoms with E-state index in [4.69, 9.17) is 4.74 Å². The molecule has 0 fully saturated rings. The molecule has 0 aliphatic heterocycles. The molecule has 8 aromatic rings. The van der Waals surface area contributed by atoms with Crippen LogP contribution in [0.4, 0.5) is 0 Å². The van der Waals surface area contributed by atoms with Crippen LogP contribution in [0.1, 0.15) is 109 Å². The molecule has 0 heterocycles. The normalized spacial score (nSPS) is 13.4. The highest BCUT2D eigenvalue weighted by molar-refractivity contribution is 5.88. The molecular weight excluding hydrogens is 769 g/mol. The molecule has 2 aliphatic rings. The van der Waals surface area contributed by atoms with E-state index in [1.165, 1.54) is 44.5 Å². The lowest BCUT2D eigenvalue weighted by Gasteiger charge is -2.28. The van der Waals surface area contributed by atoms with Gasteiger partial charge in [0.25, 0.3) is 0 Å². The zero-order chi connectivity index (χ0) is 43.9. The number of phenolic OH excluding ortho intramolecular Hbond substituents is 2.